The van der Waals surface area contributed by atoms with Crippen molar-refractivity contribution in [3.63, 3.8) is 0 Å². The van der Waals surface area contributed by atoms with E-state index in [1.165, 1.54) is 0 Å². The van der Waals surface area contributed by atoms with Gasteiger partial charge in [-0.1, -0.05) is 0 Å². The van der Waals surface area contributed by atoms with E-state index in [0.717, 1.165) is 6.07 Å². The molecule has 2 aromatic rings. The van der Waals surface area contributed by atoms with Crippen LogP contribution in [0.4, 0.5) is 18.9 Å². The number of carbonyl (C=O) groups excluding carboxylic acids is 1. The summed E-state index contributed by atoms with van der Waals surface area (Å²) in [7, 11) is 0. The maximum atomic E-state index is 13.7. The fourth-order valence-corrected chi connectivity index (χ4v) is 2.44. The van der Waals surface area contributed by atoms with Crippen LogP contribution >= 0.6 is 15.9 Å². The third-order valence-electron chi connectivity index (χ3n) is 2.58. The van der Waals surface area contributed by atoms with Gasteiger partial charge in [0, 0.05) is 10.5 Å². The number of nitro benzene ring substituents is 1. The second-order valence-electron chi connectivity index (χ2n) is 3.76. The molecule has 0 saturated carbocycles. The van der Waals surface area contributed by atoms with Gasteiger partial charge in [0.1, 0.15) is 12.1 Å². The molecule has 1 aromatic carbocycles. The standard InChI is InChI=1S/C10H5BrF3N3O3/c11-9-4(3-18)5(17(19)20)1-6-8(9)10(14)15-16(6)2-7(12)13/h1,3,7H,2H2. The number of carbonyl (C=O) groups is 1. The van der Waals surface area contributed by atoms with E-state index in [0.29, 0.717) is 4.68 Å². The number of nitrogens with zero attached hydrogens (tertiary/aromatic N) is 3. The topological polar surface area (TPSA) is 78.0 Å². The Morgan fingerprint density at radius 1 is 1.55 bits per heavy atom. The van der Waals surface area contributed by atoms with Crippen LogP contribution in [0.25, 0.3) is 10.9 Å². The number of aromatic nitrogens is 2. The molecular weight excluding hydrogens is 347 g/mol. The number of hydrogen-bond donors (Lipinski definition) is 0. The van der Waals surface area contributed by atoms with E-state index in [2.05, 4.69) is 21.0 Å². The van der Waals surface area contributed by atoms with Crippen molar-refractivity contribution < 1.29 is 22.9 Å². The lowest BCUT2D eigenvalue weighted by atomic mass is 10.1. The van der Waals surface area contributed by atoms with Crippen molar-refractivity contribution in [2.45, 2.75) is 13.0 Å². The molecule has 1 heterocycles. The first kappa shape index (κ1) is 14.4. The average Bonchev–Trinajstić information content (AvgIpc) is 2.65. The zero-order chi connectivity index (χ0) is 15.0. The second-order valence-corrected chi connectivity index (χ2v) is 4.55. The highest BCUT2D eigenvalue weighted by Crippen LogP contribution is 2.35. The van der Waals surface area contributed by atoms with Gasteiger partial charge in [0.15, 0.2) is 6.29 Å². The minimum atomic E-state index is -2.80. The summed E-state index contributed by atoms with van der Waals surface area (Å²) in [6.45, 7) is -0.912. The molecule has 0 saturated heterocycles. The maximum absolute atomic E-state index is 13.7. The molecule has 1 aromatic heterocycles. The highest BCUT2D eigenvalue weighted by Gasteiger charge is 2.25. The SMILES string of the molecule is O=Cc1c([N+](=O)[O-])cc2c(c(F)nn2CC(F)F)c1Br. The second kappa shape index (κ2) is 5.19. The summed E-state index contributed by atoms with van der Waals surface area (Å²) in [6.07, 6.45) is -2.62. The molecule has 0 N–H and O–H groups in total. The van der Waals surface area contributed by atoms with Crippen LogP contribution in [0.2, 0.25) is 0 Å². The van der Waals surface area contributed by atoms with Crippen molar-refractivity contribution in [1.82, 2.24) is 9.78 Å². The number of alkyl halides is 2. The Bertz CT molecular complexity index is 717. The summed E-state index contributed by atoms with van der Waals surface area (Å²) in [5.74, 6) is -1.09. The average molecular weight is 352 g/mol. The number of halogens is 4. The number of fused-ring (bicyclic) bond motifs is 1. The van der Waals surface area contributed by atoms with Gasteiger partial charge in [-0.05, 0) is 15.9 Å². The lowest BCUT2D eigenvalue weighted by molar-refractivity contribution is -0.385. The van der Waals surface area contributed by atoms with Crippen LogP contribution in [0.3, 0.4) is 0 Å². The van der Waals surface area contributed by atoms with E-state index in [-0.39, 0.29) is 27.2 Å². The molecule has 0 radical (unpaired) electrons. The van der Waals surface area contributed by atoms with E-state index in [1.807, 2.05) is 0 Å². The molecule has 106 valence electrons. The molecule has 0 atom stereocenters. The summed E-state index contributed by atoms with van der Waals surface area (Å²) in [5, 5.41) is 13.9. The van der Waals surface area contributed by atoms with E-state index in [4.69, 9.17) is 0 Å². The van der Waals surface area contributed by atoms with Crippen LogP contribution in [0, 0.1) is 16.1 Å². The molecule has 10 heteroatoms. The first-order chi connectivity index (χ1) is 9.36. The summed E-state index contributed by atoms with van der Waals surface area (Å²) in [6, 6.07) is 0.849. The minimum Gasteiger partial charge on any atom is -0.298 e. The molecule has 0 aliphatic heterocycles. The van der Waals surface area contributed by atoms with Crippen molar-refractivity contribution in [2.75, 3.05) is 0 Å². The zero-order valence-corrected chi connectivity index (χ0v) is 11.1. The predicted molar refractivity (Wildman–Crippen MR) is 65.4 cm³/mol. The molecule has 0 spiro atoms. The fourth-order valence-electron chi connectivity index (χ4n) is 1.78. The molecule has 0 fully saturated rings. The van der Waals surface area contributed by atoms with E-state index >= 15 is 0 Å². The highest BCUT2D eigenvalue weighted by molar-refractivity contribution is 9.10. The Kier molecular flexibility index (Phi) is 3.75. The van der Waals surface area contributed by atoms with Crippen molar-refractivity contribution >= 4 is 38.8 Å². The number of aldehydes is 1. The van der Waals surface area contributed by atoms with Gasteiger partial charge >= 0.3 is 0 Å². The van der Waals surface area contributed by atoms with Gasteiger partial charge < -0.3 is 0 Å². The highest BCUT2D eigenvalue weighted by atomic mass is 79.9. The number of benzene rings is 1. The molecule has 0 aliphatic carbocycles. The molecule has 0 aliphatic rings. The van der Waals surface area contributed by atoms with Gasteiger partial charge in [-0.3, -0.25) is 19.6 Å². The molecule has 20 heavy (non-hydrogen) atoms. The van der Waals surface area contributed by atoms with Crippen LogP contribution < -0.4 is 0 Å². The van der Waals surface area contributed by atoms with Gasteiger partial charge in [0.2, 0.25) is 5.95 Å². The van der Waals surface area contributed by atoms with Gasteiger partial charge in [-0.25, -0.2) is 8.78 Å². The van der Waals surface area contributed by atoms with Crippen LogP contribution in [0.15, 0.2) is 10.5 Å². The number of hydrogen-bond acceptors (Lipinski definition) is 4. The Balaban J connectivity index is 2.84. The first-order valence-electron chi connectivity index (χ1n) is 5.13. The predicted octanol–water partition coefficient (Wildman–Crippen LogP) is 2.92. The normalized spacial score (nSPS) is 11.2. The lowest BCUT2D eigenvalue weighted by Crippen LogP contribution is -2.08. The Labute approximate surface area is 117 Å². The molecule has 0 unspecified atom stereocenters. The van der Waals surface area contributed by atoms with Crippen LogP contribution in [-0.4, -0.2) is 27.4 Å². The zero-order valence-electron chi connectivity index (χ0n) is 9.52. The summed E-state index contributed by atoms with van der Waals surface area (Å²) >= 11 is 2.88. The first-order valence-corrected chi connectivity index (χ1v) is 5.92. The molecule has 2 rings (SSSR count). The lowest BCUT2D eigenvalue weighted by Gasteiger charge is -2.04. The Morgan fingerprint density at radius 2 is 2.20 bits per heavy atom. The van der Waals surface area contributed by atoms with Gasteiger partial charge in [-0.2, -0.15) is 4.39 Å². The molecule has 0 bridgehead atoms. The fraction of sp³-hybridized carbons (Fsp3) is 0.200. The van der Waals surface area contributed by atoms with E-state index in [9.17, 15) is 28.1 Å². The number of nitro groups is 1. The minimum absolute atomic E-state index is 0.185. The van der Waals surface area contributed by atoms with Gasteiger partial charge in [0.05, 0.1) is 15.8 Å². The molecule has 6 nitrogen and oxygen atoms in total. The third kappa shape index (κ3) is 2.26. The van der Waals surface area contributed by atoms with E-state index < -0.39 is 29.5 Å². The Morgan fingerprint density at radius 3 is 2.70 bits per heavy atom. The van der Waals surface area contributed by atoms with Crippen LogP contribution in [0.1, 0.15) is 10.4 Å². The third-order valence-corrected chi connectivity index (χ3v) is 3.40. The monoisotopic (exact) mass is 351 g/mol. The largest absolute Gasteiger partial charge is 0.298 e. The van der Waals surface area contributed by atoms with Crippen molar-refractivity contribution in [1.29, 1.82) is 0 Å². The smallest absolute Gasteiger partial charge is 0.283 e. The van der Waals surface area contributed by atoms with Crippen LogP contribution in [0.5, 0.6) is 0 Å². The van der Waals surface area contributed by atoms with Gasteiger partial charge in [0.25, 0.3) is 12.1 Å². The molecule has 0 amide bonds. The van der Waals surface area contributed by atoms with Crippen molar-refractivity contribution in [3.05, 3.63) is 32.2 Å². The summed E-state index contributed by atoms with van der Waals surface area (Å²) in [5.41, 5.74) is -1.18. The summed E-state index contributed by atoms with van der Waals surface area (Å²) in [4.78, 5) is 20.9. The van der Waals surface area contributed by atoms with Gasteiger partial charge in [-0.15, -0.1) is 5.10 Å². The Hall–Kier alpha value is -1.97. The maximum Gasteiger partial charge on any atom is 0.283 e. The summed E-state index contributed by atoms with van der Waals surface area (Å²) < 4.78 is 38.9. The number of rotatable bonds is 4. The molecular formula is C10H5BrF3N3O3. The quantitative estimate of drug-likeness (QED) is 0.482. The van der Waals surface area contributed by atoms with Crippen molar-refractivity contribution in [3.8, 4) is 0 Å². The van der Waals surface area contributed by atoms with E-state index in [1.54, 1.807) is 0 Å². The van der Waals surface area contributed by atoms with Crippen LogP contribution in [-0.2, 0) is 6.54 Å². The van der Waals surface area contributed by atoms with Crippen molar-refractivity contribution in [2.24, 2.45) is 0 Å².